The Balaban J connectivity index is 1.69. The molecule has 1 heterocycles. The average molecular weight is 322 g/mol. The molecule has 0 radical (unpaired) electrons. The van der Waals surface area contributed by atoms with Crippen molar-refractivity contribution >= 4 is 10.9 Å². The van der Waals surface area contributed by atoms with E-state index in [4.69, 9.17) is 5.73 Å². The van der Waals surface area contributed by atoms with Crippen LogP contribution in [0, 0.1) is 11.8 Å². The number of hydrogen-bond donors (Lipinski definition) is 3. The van der Waals surface area contributed by atoms with Gasteiger partial charge in [-0.05, 0) is 36.0 Å². The molecule has 3 unspecified atom stereocenters. The number of aromatic amines is 1. The first-order valence-electron chi connectivity index (χ1n) is 8.64. The van der Waals surface area contributed by atoms with Crippen LogP contribution < -0.4 is 5.73 Å². The third kappa shape index (κ3) is 3.69. The van der Waals surface area contributed by atoms with Gasteiger partial charge in [0.25, 0.3) is 0 Å². The Morgan fingerprint density at radius 2 is 1.71 bits per heavy atom. The molecule has 3 atom stereocenters. The summed E-state index contributed by atoms with van der Waals surface area (Å²) >= 11 is 0. The maximum absolute atomic E-state index is 9.82. The van der Waals surface area contributed by atoms with E-state index < -0.39 is 0 Å². The third-order valence-electron chi connectivity index (χ3n) is 4.99. The molecule has 126 valence electrons. The van der Waals surface area contributed by atoms with E-state index in [1.165, 1.54) is 16.5 Å². The number of H-pyrrole nitrogens is 1. The number of fused-ring (bicyclic) bond motifs is 1. The van der Waals surface area contributed by atoms with Crippen LogP contribution in [0.2, 0.25) is 0 Å². The number of aliphatic hydroxyl groups excluding tert-OH is 1. The van der Waals surface area contributed by atoms with Crippen LogP contribution in [-0.4, -0.2) is 22.7 Å². The molecule has 24 heavy (non-hydrogen) atoms. The summed E-state index contributed by atoms with van der Waals surface area (Å²) in [5, 5.41) is 11.1. The van der Waals surface area contributed by atoms with Gasteiger partial charge in [-0.1, -0.05) is 55.5 Å². The van der Waals surface area contributed by atoms with Crippen molar-refractivity contribution in [2.75, 3.05) is 6.61 Å². The number of hydrogen-bond acceptors (Lipinski definition) is 2. The lowest BCUT2D eigenvalue weighted by molar-refractivity contribution is 0.181. The molecule has 0 bridgehead atoms. The van der Waals surface area contributed by atoms with Gasteiger partial charge in [0.1, 0.15) is 0 Å². The van der Waals surface area contributed by atoms with Gasteiger partial charge < -0.3 is 15.8 Å². The fourth-order valence-corrected chi connectivity index (χ4v) is 3.49. The number of nitrogens with two attached hydrogens (primary N) is 1. The molecule has 0 spiro atoms. The van der Waals surface area contributed by atoms with E-state index in [1.807, 2.05) is 24.3 Å². The highest BCUT2D eigenvalue weighted by molar-refractivity contribution is 5.83. The van der Waals surface area contributed by atoms with Crippen LogP contribution in [0.5, 0.6) is 0 Å². The Hall–Kier alpha value is -2.10. The number of aliphatic hydroxyl groups is 1. The van der Waals surface area contributed by atoms with Crippen molar-refractivity contribution in [2.45, 2.75) is 25.8 Å². The minimum absolute atomic E-state index is 0.0381. The summed E-state index contributed by atoms with van der Waals surface area (Å²) in [5.41, 5.74) is 10.2. The largest absolute Gasteiger partial charge is 0.396 e. The summed E-state index contributed by atoms with van der Waals surface area (Å²) in [6.45, 7) is 2.30. The molecule has 2 aromatic carbocycles. The standard InChI is InChI=1S/C21H26N2O/c1-15(11-17-13-23-20-10-6-5-9-19(17)20)21(22)18(14-24)12-16-7-3-2-4-8-16/h2-10,13,15,18,21,23-24H,11-12,14,22H2,1H3. The molecule has 0 saturated carbocycles. The van der Waals surface area contributed by atoms with Gasteiger partial charge in [-0.3, -0.25) is 0 Å². The molecule has 0 aliphatic carbocycles. The quantitative estimate of drug-likeness (QED) is 0.623. The second-order valence-corrected chi connectivity index (χ2v) is 6.75. The molecule has 0 amide bonds. The predicted octanol–water partition coefficient (Wildman–Crippen LogP) is 3.53. The van der Waals surface area contributed by atoms with Gasteiger partial charge in [0.2, 0.25) is 0 Å². The highest BCUT2D eigenvalue weighted by atomic mass is 16.3. The molecule has 3 nitrogen and oxygen atoms in total. The lowest BCUT2D eigenvalue weighted by Crippen LogP contribution is -2.40. The molecule has 0 aliphatic rings. The van der Waals surface area contributed by atoms with E-state index in [2.05, 4.69) is 48.4 Å². The smallest absolute Gasteiger partial charge is 0.0477 e. The summed E-state index contributed by atoms with van der Waals surface area (Å²) in [7, 11) is 0. The van der Waals surface area contributed by atoms with Crippen LogP contribution in [0.15, 0.2) is 60.8 Å². The lowest BCUT2D eigenvalue weighted by Gasteiger charge is -2.27. The van der Waals surface area contributed by atoms with Crippen molar-refractivity contribution in [2.24, 2.45) is 17.6 Å². The van der Waals surface area contributed by atoms with Crippen molar-refractivity contribution in [1.82, 2.24) is 4.98 Å². The van der Waals surface area contributed by atoms with Gasteiger partial charge in [-0.2, -0.15) is 0 Å². The van der Waals surface area contributed by atoms with E-state index in [0.29, 0.717) is 5.92 Å². The van der Waals surface area contributed by atoms with Crippen LogP contribution in [0.1, 0.15) is 18.1 Å². The van der Waals surface area contributed by atoms with Crippen LogP contribution in [0.3, 0.4) is 0 Å². The second-order valence-electron chi connectivity index (χ2n) is 6.75. The molecular formula is C21H26N2O. The maximum Gasteiger partial charge on any atom is 0.0477 e. The lowest BCUT2D eigenvalue weighted by atomic mass is 9.83. The molecule has 4 N–H and O–H groups in total. The van der Waals surface area contributed by atoms with Gasteiger partial charge in [-0.25, -0.2) is 0 Å². The topological polar surface area (TPSA) is 62.0 Å². The zero-order valence-electron chi connectivity index (χ0n) is 14.2. The molecule has 3 heteroatoms. The number of nitrogens with one attached hydrogen (secondary N) is 1. The molecule has 0 fully saturated rings. The minimum atomic E-state index is -0.0381. The van der Waals surface area contributed by atoms with Crippen molar-refractivity contribution in [3.63, 3.8) is 0 Å². The zero-order chi connectivity index (χ0) is 16.9. The summed E-state index contributed by atoms with van der Waals surface area (Å²) in [6.07, 6.45) is 3.81. The normalized spacial score (nSPS) is 15.3. The van der Waals surface area contributed by atoms with Gasteiger partial charge in [0.15, 0.2) is 0 Å². The Kier molecular flexibility index (Phi) is 5.34. The second kappa shape index (κ2) is 7.65. The SMILES string of the molecule is CC(Cc1c[nH]c2ccccc12)C(N)C(CO)Cc1ccccc1. The Labute approximate surface area is 143 Å². The van der Waals surface area contributed by atoms with Crippen LogP contribution in [0.25, 0.3) is 10.9 Å². The van der Waals surface area contributed by atoms with E-state index in [0.717, 1.165) is 18.4 Å². The van der Waals surface area contributed by atoms with Crippen LogP contribution in [-0.2, 0) is 12.8 Å². The summed E-state index contributed by atoms with van der Waals surface area (Å²) in [6, 6.07) is 18.6. The maximum atomic E-state index is 9.82. The zero-order valence-corrected chi connectivity index (χ0v) is 14.2. The average Bonchev–Trinajstić information content (AvgIpc) is 3.03. The number of para-hydroxylation sites is 1. The number of rotatable bonds is 7. The summed E-state index contributed by atoms with van der Waals surface area (Å²) in [4.78, 5) is 3.33. The van der Waals surface area contributed by atoms with Crippen molar-refractivity contribution in [1.29, 1.82) is 0 Å². The van der Waals surface area contributed by atoms with Crippen molar-refractivity contribution in [3.05, 3.63) is 71.9 Å². The van der Waals surface area contributed by atoms with Crippen LogP contribution >= 0.6 is 0 Å². The number of aromatic nitrogens is 1. The fraction of sp³-hybridized carbons (Fsp3) is 0.333. The van der Waals surface area contributed by atoms with E-state index in [1.54, 1.807) is 0 Å². The minimum Gasteiger partial charge on any atom is -0.396 e. The van der Waals surface area contributed by atoms with Crippen molar-refractivity contribution < 1.29 is 5.11 Å². The Morgan fingerprint density at radius 3 is 2.46 bits per heavy atom. The highest BCUT2D eigenvalue weighted by Gasteiger charge is 2.24. The predicted molar refractivity (Wildman–Crippen MR) is 99.9 cm³/mol. The van der Waals surface area contributed by atoms with E-state index in [9.17, 15) is 5.11 Å². The van der Waals surface area contributed by atoms with E-state index in [-0.39, 0.29) is 18.6 Å². The Morgan fingerprint density at radius 1 is 1.00 bits per heavy atom. The molecular weight excluding hydrogens is 296 g/mol. The van der Waals surface area contributed by atoms with Gasteiger partial charge >= 0.3 is 0 Å². The van der Waals surface area contributed by atoms with Gasteiger partial charge in [-0.15, -0.1) is 0 Å². The molecule has 3 rings (SSSR count). The Bertz CT molecular complexity index is 766. The summed E-state index contributed by atoms with van der Waals surface area (Å²) < 4.78 is 0. The number of benzene rings is 2. The van der Waals surface area contributed by atoms with Gasteiger partial charge in [0, 0.05) is 35.7 Å². The first kappa shape index (κ1) is 16.7. The fourth-order valence-electron chi connectivity index (χ4n) is 3.49. The van der Waals surface area contributed by atoms with E-state index >= 15 is 0 Å². The van der Waals surface area contributed by atoms with Gasteiger partial charge in [0.05, 0.1) is 0 Å². The highest BCUT2D eigenvalue weighted by Crippen LogP contribution is 2.24. The molecule has 0 aliphatic heterocycles. The molecule has 1 aromatic heterocycles. The van der Waals surface area contributed by atoms with Crippen molar-refractivity contribution in [3.8, 4) is 0 Å². The third-order valence-corrected chi connectivity index (χ3v) is 4.99. The summed E-state index contributed by atoms with van der Waals surface area (Å²) in [5.74, 6) is 0.373. The first-order valence-corrected chi connectivity index (χ1v) is 8.64. The molecule has 3 aromatic rings. The van der Waals surface area contributed by atoms with Crippen LogP contribution in [0.4, 0.5) is 0 Å². The first-order chi connectivity index (χ1) is 11.7. The molecule has 0 saturated heterocycles. The monoisotopic (exact) mass is 322 g/mol.